The molecule has 1 aliphatic rings. The van der Waals surface area contributed by atoms with Crippen molar-refractivity contribution < 1.29 is 9.59 Å². The van der Waals surface area contributed by atoms with Crippen molar-refractivity contribution in [3.8, 4) is 0 Å². The summed E-state index contributed by atoms with van der Waals surface area (Å²) in [7, 11) is 0. The highest BCUT2D eigenvalue weighted by Crippen LogP contribution is 2.30. The Hall–Kier alpha value is -2.83. The number of primary amides is 1. The lowest BCUT2D eigenvalue weighted by atomic mass is 9.96. The van der Waals surface area contributed by atoms with Crippen LogP contribution >= 0.6 is 0 Å². The summed E-state index contributed by atoms with van der Waals surface area (Å²) in [5.41, 5.74) is 7.14. The molecule has 0 radical (unpaired) electrons. The van der Waals surface area contributed by atoms with Gasteiger partial charge in [0.1, 0.15) is 6.04 Å². The van der Waals surface area contributed by atoms with Crippen molar-refractivity contribution in [2.24, 2.45) is 11.7 Å². The highest BCUT2D eigenvalue weighted by molar-refractivity contribution is 5.96. The first-order valence-corrected chi connectivity index (χ1v) is 8.49. The van der Waals surface area contributed by atoms with Gasteiger partial charge in [0.15, 0.2) is 0 Å². The topological polar surface area (TPSA) is 93.3 Å². The minimum absolute atomic E-state index is 0.0576. The Bertz CT molecular complexity index is 736. The Labute approximate surface area is 146 Å². The van der Waals surface area contributed by atoms with Crippen LogP contribution in [0, 0.1) is 5.92 Å². The normalized spacial score (nSPS) is 16.4. The highest BCUT2D eigenvalue weighted by atomic mass is 16.2. The average molecular weight is 341 g/mol. The van der Waals surface area contributed by atoms with E-state index in [0.717, 1.165) is 37.3 Å². The van der Waals surface area contributed by atoms with E-state index in [0.29, 0.717) is 0 Å². The summed E-state index contributed by atoms with van der Waals surface area (Å²) in [6.07, 6.45) is 4.90. The van der Waals surface area contributed by atoms with Gasteiger partial charge in [-0.05, 0) is 38.0 Å². The smallest absolute Gasteiger partial charge is 0.249 e. The minimum atomic E-state index is -0.399. The number of nitrogens with one attached hydrogen (secondary N) is 1. The van der Waals surface area contributed by atoms with E-state index in [2.05, 4.69) is 15.3 Å². The molecule has 1 aliphatic heterocycles. The maximum atomic E-state index is 12.5. The predicted octanol–water partition coefficient (Wildman–Crippen LogP) is 1.78. The maximum absolute atomic E-state index is 12.5. The van der Waals surface area contributed by atoms with Crippen LogP contribution < -0.4 is 16.0 Å². The fourth-order valence-electron chi connectivity index (χ4n) is 3.13. The number of nitrogens with two attached hydrogens (primary N) is 1. The van der Waals surface area contributed by atoms with Crippen molar-refractivity contribution in [1.29, 1.82) is 0 Å². The van der Waals surface area contributed by atoms with E-state index in [4.69, 9.17) is 5.73 Å². The number of amides is 2. The first kappa shape index (κ1) is 17.0. The summed E-state index contributed by atoms with van der Waals surface area (Å²) in [5.74, 6) is -0.407. The van der Waals surface area contributed by atoms with Crippen molar-refractivity contribution in [1.82, 2.24) is 9.78 Å². The van der Waals surface area contributed by atoms with Gasteiger partial charge in [0.05, 0.1) is 11.4 Å². The van der Waals surface area contributed by atoms with Crippen LogP contribution in [0.15, 0.2) is 42.7 Å². The number of rotatable bonds is 5. The van der Waals surface area contributed by atoms with Crippen molar-refractivity contribution in [3.63, 3.8) is 0 Å². The molecule has 2 heterocycles. The molecule has 1 atom stereocenters. The number of hydrogen-bond donors (Lipinski definition) is 2. The molecule has 25 heavy (non-hydrogen) atoms. The molecule has 0 aliphatic carbocycles. The lowest BCUT2D eigenvalue weighted by Crippen LogP contribution is -2.39. The molecule has 7 nitrogen and oxygen atoms in total. The van der Waals surface area contributed by atoms with Crippen LogP contribution in [0.2, 0.25) is 0 Å². The number of aromatic nitrogens is 2. The fraction of sp³-hybridized carbons (Fsp3) is 0.389. The lowest BCUT2D eigenvalue weighted by molar-refractivity contribution is -0.122. The van der Waals surface area contributed by atoms with Crippen LogP contribution in [0.4, 0.5) is 11.4 Å². The summed E-state index contributed by atoms with van der Waals surface area (Å²) < 4.78 is 1.62. The zero-order chi connectivity index (χ0) is 17.8. The SMILES string of the molecule is C[C@H](C(=O)Nc1ccccc1N1CCC(C(N)=O)CC1)n1cccn1. The molecule has 0 spiro atoms. The van der Waals surface area contributed by atoms with Crippen molar-refractivity contribution in [3.05, 3.63) is 42.7 Å². The summed E-state index contributed by atoms with van der Waals surface area (Å²) in [4.78, 5) is 26.1. The van der Waals surface area contributed by atoms with Gasteiger partial charge in [-0.15, -0.1) is 0 Å². The zero-order valence-electron chi connectivity index (χ0n) is 14.3. The molecule has 3 N–H and O–H groups in total. The number of nitrogens with zero attached hydrogens (tertiary/aromatic N) is 3. The Morgan fingerprint density at radius 2 is 1.96 bits per heavy atom. The minimum Gasteiger partial charge on any atom is -0.370 e. The van der Waals surface area contributed by atoms with Gasteiger partial charge in [-0.25, -0.2) is 0 Å². The van der Waals surface area contributed by atoms with Gasteiger partial charge in [-0.3, -0.25) is 14.3 Å². The number of hydrogen-bond acceptors (Lipinski definition) is 4. The molecule has 3 rings (SSSR count). The van der Waals surface area contributed by atoms with Gasteiger partial charge in [-0.2, -0.15) is 5.10 Å². The van der Waals surface area contributed by atoms with Crippen LogP contribution in [-0.2, 0) is 9.59 Å². The third-order valence-electron chi connectivity index (χ3n) is 4.70. The molecular formula is C18H23N5O2. The molecular weight excluding hydrogens is 318 g/mol. The maximum Gasteiger partial charge on any atom is 0.249 e. The number of benzene rings is 1. The molecule has 1 aromatic heterocycles. The Morgan fingerprint density at radius 1 is 1.24 bits per heavy atom. The van der Waals surface area contributed by atoms with E-state index in [1.54, 1.807) is 23.1 Å². The molecule has 0 unspecified atom stereocenters. The molecule has 1 saturated heterocycles. The van der Waals surface area contributed by atoms with Gasteiger partial charge in [0, 0.05) is 31.4 Å². The highest BCUT2D eigenvalue weighted by Gasteiger charge is 2.25. The Balaban J connectivity index is 1.71. The van der Waals surface area contributed by atoms with Crippen LogP contribution in [0.5, 0.6) is 0 Å². The van der Waals surface area contributed by atoms with E-state index >= 15 is 0 Å². The van der Waals surface area contributed by atoms with Crippen molar-refractivity contribution in [2.75, 3.05) is 23.3 Å². The zero-order valence-corrected chi connectivity index (χ0v) is 14.3. The van der Waals surface area contributed by atoms with E-state index in [1.165, 1.54) is 0 Å². The number of carbonyl (C=O) groups is 2. The van der Waals surface area contributed by atoms with Crippen LogP contribution in [-0.4, -0.2) is 34.7 Å². The van der Waals surface area contributed by atoms with Gasteiger partial charge in [0.2, 0.25) is 11.8 Å². The summed E-state index contributed by atoms with van der Waals surface area (Å²) in [5, 5.41) is 7.11. The third kappa shape index (κ3) is 3.81. The van der Waals surface area contributed by atoms with Gasteiger partial charge < -0.3 is 16.0 Å². The largest absolute Gasteiger partial charge is 0.370 e. The number of anilines is 2. The Kier molecular flexibility index (Phi) is 5.02. The monoisotopic (exact) mass is 341 g/mol. The number of para-hydroxylation sites is 2. The van der Waals surface area contributed by atoms with E-state index < -0.39 is 6.04 Å². The van der Waals surface area contributed by atoms with Gasteiger partial charge in [0.25, 0.3) is 0 Å². The van der Waals surface area contributed by atoms with E-state index in [9.17, 15) is 9.59 Å². The molecule has 2 amide bonds. The standard InChI is InChI=1S/C18H23N5O2/c1-13(23-10-4-9-20-23)18(25)21-15-5-2-3-6-16(15)22-11-7-14(8-12-22)17(19)24/h2-6,9-10,13-14H,7-8,11-12H2,1H3,(H2,19,24)(H,21,25)/t13-/m1/s1. The second-order valence-electron chi connectivity index (χ2n) is 6.33. The third-order valence-corrected chi connectivity index (χ3v) is 4.70. The van der Waals surface area contributed by atoms with E-state index in [-0.39, 0.29) is 17.7 Å². The first-order valence-electron chi connectivity index (χ1n) is 8.49. The quantitative estimate of drug-likeness (QED) is 0.867. The molecule has 1 fully saturated rings. The molecule has 1 aromatic carbocycles. The number of piperidine rings is 1. The average Bonchev–Trinajstić information content (AvgIpc) is 3.16. The first-order chi connectivity index (χ1) is 12.1. The summed E-state index contributed by atoms with van der Waals surface area (Å²) in [6.45, 7) is 3.30. The van der Waals surface area contributed by atoms with Crippen molar-refractivity contribution in [2.45, 2.75) is 25.8 Å². The summed E-state index contributed by atoms with van der Waals surface area (Å²) in [6, 6.07) is 9.11. The summed E-state index contributed by atoms with van der Waals surface area (Å²) >= 11 is 0. The van der Waals surface area contributed by atoms with Crippen LogP contribution in [0.25, 0.3) is 0 Å². The van der Waals surface area contributed by atoms with Crippen LogP contribution in [0.1, 0.15) is 25.8 Å². The lowest BCUT2D eigenvalue weighted by Gasteiger charge is -2.33. The number of carbonyl (C=O) groups excluding carboxylic acids is 2. The predicted molar refractivity (Wildman–Crippen MR) is 96.1 cm³/mol. The van der Waals surface area contributed by atoms with E-state index in [1.807, 2.05) is 31.2 Å². The van der Waals surface area contributed by atoms with Crippen LogP contribution in [0.3, 0.4) is 0 Å². The molecule has 0 bridgehead atoms. The second kappa shape index (κ2) is 7.38. The molecule has 7 heteroatoms. The van der Waals surface area contributed by atoms with Gasteiger partial charge in [-0.1, -0.05) is 12.1 Å². The van der Waals surface area contributed by atoms with Crippen molar-refractivity contribution >= 4 is 23.2 Å². The Morgan fingerprint density at radius 3 is 2.60 bits per heavy atom. The van der Waals surface area contributed by atoms with Gasteiger partial charge >= 0.3 is 0 Å². The molecule has 0 saturated carbocycles. The molecule has 2 aromatic rings. The molecule has 132 valence electrons. The fourth-order valence-corrected chi connectivity index (χ4v) is 3.13. The second-order valence-corrected chi connectivity index (χ2v) is 6.33.